The Bertz CT molecular complexity index is 1910. The number of nitrogens with one attached hydrogen (secondary N) is 2. The molecule has 0 spiro atoms. The van der Waals surface area contributed by atoms with Crippen molar-refractivity contribution in [3.63, 3.8) is 0 Å². The van der Waals surface area contributed by atoms with Gasteiger partial charge in [-0.1, -0.05) is 41.9 Å². The second-order valence-electron chi connectivity index (χ2n) is 13.0. The summed E-state index contributed by atoms with van der Waals surface area (Å²) in [5.41, 5.74) is 6.09. The first-order chi connectivity index (χ1) is 24.5. The number of aromatic nitrogens is 3. The van der Waals surface area contributed by atoms with Gasteiger partial charge in [-0.2, -0.15) is 0 Å². The molecular weight excluding hydrogens is 646 g/mol. The molecule has 2 saturated heterocycles. The molecule has 0 unspecified atom stereocenters. The molecule has 9 nitrogen and oxygen atoms in total. The third kappa shape index (κ3) is 8.18. The highest BCUT2D eigenvalue weighted by atomic mass is 35.5. The molecule has 0 aliphatic carbocycles. The van der Waals surface area contributed by atoms with Crippen LogP contribution in [0.4, 0.5) is 5.82 Å². The second-order valence-corrected chi connectivity index (χ2v) is 13.4. The lowest BCUT2D eigenvalue weighted by Gasteiger charge is -2.34. The van der Waals surface area contributed by atoms with Crippen molar-refractivity contribution < 1.29 is 9.59 Å². The number of nitrogens with zero attached hydrogens (tertiary/aromatic N) is 5. The van der Waals surface area contributed by atoms with Crippen molar-refractivity contribution in [1.29, 1.82) is 0 Å². The summed E-state index contributed by atoms with van der Waals surface area (Å²) in [6, 6.07) is 25.3. The smallest absolute Gasteiger partial charge is 0.251 e. The number of anilines is 1. The molecule has 0 saturated carbocycles. The number of benzene rings is 2. The number of hydrogen-bond acceptors (Lipinski definition) is 7. The lowest BCUT2D eigenvalue weighted by Crippen LogP contribution is -2.45. The highest BCUT2D eigenvalue weighted by molar-refractivity contribution is 6.33. The number of pyridine rings is 3. The van der Waals surface area contributed by atoms with Crippen LogP contribution in [-0.2, 0) is 6.54 Å². The van der Waals surface area contributed by atoms with Crippen LogP contribution in [0.25, 0.3) is 22.3 Å². The summed E-state index contributed by atoms with van der Waals surface area (Å²) < 4.78 is 0. The van der Waals surface area contributed by atoms with E-state index in [1.807, 2.05) is 67.0 Å². The molecule has 50 heavy (non-hydrogen) atoms. The third-order valence-corrected chi connectivity index (χ3v) is 9.94. The first-order valence-electron chi connectivity index (χ1n) is 17.2. The van der Waals surface area contributed by atoms with Crippen molar-refractivity contribution >= 4 is 29.2 Å². The minimum atomic E-state index is -0.0805. The SMILES string of the molecule is O=C(NC1CCN(Cc2ccc(N3CCC(NC(=O)c4cccc(-c5cccnc5)c4)CC3)nc2)CC1)c1ccc(Cl)c(-c2cccnc2)c1. The lowest BCUT2D eigenvalue weighted by molar-refractivity contribution is 0.0906. The van der Waals surface area contributed by atoms with Crippen molar-refractivity contribution in [3.05, 3.63) is 132 Å². The van der Waals surface area contributed by atoms with E-state index in [2.05, 4.69) is 42.5 Å². The maximum absolute atomic E-state index is 13.1. The zero-order valence-corrected chi connectivity index (χ0v) is 28.6. The van der Waals surface area contributed by atoms with Crippen LogP contribution in [-0.4, -0.2) is 69.9 Å². The molecule has 0 atom stereocenters. The Morgan fingerprint density at radius 2 is 1.32 bits per heavy atom. The second kappa shape index (κ2) is 15.6. The molecule has 2 aromatic carbocycles. The van der Waals surface area contributed by atoms with Crippen LogP contribution in [0.3, 0.4) is 0 Å². The average Bonchev–Trinajstić information content (AvgIpc) is 3.17. The standard InChI is InChI=1S/C40H40ClN7O2/c41-37-10-9-31(23-36(37)33-7-3-17-43-26-33)40(50)45-34-12-18-47(19-13-34)27-28-8-11-38(44-24-28)48-20-14-35(15-21-48)46-39(49)30-5-1-4-29(22-30)32-6-2-16-42-25-32/h1-11,16-17,22-26,34-35H,12-15,18-21,27H2,(H,45,50)(H,46,49). The Hall–Kier alpha value is -5.12. The minimum Gasteiger partial charge on any atom is -0.356 e. The summed E-state index contributed by atoms with van der Waals surface area (Å²) in [6.07, 6.45) is 12.5. The average molecular weight is 686 g/mol. The van der Waals surface area contributed by atoms with Gasteiger partial charge in [0.15, 0.2) is 0 Å². The van der Waals surface area contributed by atoms with Crippen LogP contribution in [0.15, 0.2) is 110 Å². The normalized spacial score (nSPS) is 15.8. The first kappa shape index (κ1) is 33.4. The van der Waals surface area contributed by atoms with E-state index in [4.69, 9.17) is 16.6 Å². The van der Waals surface area contributed by atoms with Gasteiger partial charge in [-0.25, -0.2) is 4.98 Å². The predicted octanol–water partition coefficient (Wildman–Crippen LogP) is 6.65. The van der Waals surface area contributed by atoms with Gasteiger partial charge >= 0.3 is 0 Å². The number of carbonyl (C=O) groups excluding carboxylic acids is 2. The topological polar surface area (TPSA) is 103 Å². The zero-order chi connectivity index (χ0) is 34.3. The van der Waals surface area contributed by atoms with Gasteiger partial charge in [-0.05, 0) is 85.3 Å². The van der Waals surface area contributed by atoms with Crippen molar-refractivity contribution in [2.45, 2.75) is 44.3 Å². The summed E-state index contributed by atoms with van der Waals surface area (Å²) in [6.45, 7) is 4.32. The van der Waals surface area contributed by atoms with Gasteiger partial charge < -0.3 is 15.5 Å². The number of amides is 2. The Balaban J connectivity index is 0.847. The van der Waals surface area contributed by atoms with E-state index in [1.165, 1.54) is 5.56 Å². The number of rotatable bonds is 9. The zero-order valence-electron chi connectivity index (χ0n) is 27.8. The predicted molar refractivity (Wildman–Crippen MR) is 197 cm³/mol. The molecule has 7 rings (SSSR count). The van der Waals surface area contributed by atoms with Crippen molar-refractivity contribution in [2.75, 3.05) is 31.1 Å². The van der Waals surface area contributed by atoms with Crippen LogP contribution in [0.2, 0.25) is 5.02 Å². The summed E-state index contributed by atoms with van der Waals surface area (Å²) in [5.74, 6) is 0.848. The number of piperidine rings is 2. The number of likely N-dealkylation sites (tertiary alicyclic amines) is 1. The maximum Gasteiger partial charge on any atom is 0.251 e. The highest BCUT2D eigenvalue weighted by Gasteiger charge is 2.24. The van der Waals surface area contributed by atoms with Crippen LogP contribution in [0, 0.1) is 0 Å². The Morgan fingerprint density at radius 1 is 0.680 bits per heavy atom. The van der Waals surface area contributed by atoms with Gasteiger partial charge in [-0.3, -0.25) is 24.5 Å². The van der Waals surface area contributed by atoms with E-state index in [0.29, 0.717) is 16.1 Å². The molecule has 2 fully saturated rings. The highest BCUT2D eigenvalue weighted by Crippen LogP contribution is 2.29. The molecule has 10 heteroatoms. The number of carbonyl (C=O) groups is 2. The molecule has 3 aromatic heterocycles. The van der Waals surface area contributed by atoms with E-state index in [0.717, 1.165) is 86.5 Å². The van der Waals surface area contributed by atoms with Crippen LogP contribution in [0.1, 0.15) is 52.0 Å². The molecule has 254 valence electrons. The fourth-order valence-electron chi connectivity index (χ4n) is 6.76. The Labute approximate surface area is 297 Å². The van der Waals surface area contributed by atoms with Crippen molar-refractivity contribution in [3.8, 4) is 22.3 Å². The summed E-state index contributed by atoms with van der Waals surface area (Å²) >= 11 is 6.43. The molecule has 5 aromatic rings. The fourth-order valence-corrected chi connectivity index (χ4v) is 6.99. The molecule has 5 heterocycles. The van der Waals surface area contributed by atoms with Gasteiger partial charge in [0, 0.05) is 109 Å². The van der Waals surface area contributed by atoms with E-state index < -0.39 is 0 Å². The molecule has 0 bridgehead atoms. The molecule has 2 amide bonds. The van der Waals surface area contributed by atoms with Gasteiger partial charge in [-0.15, -0.1) is 0 Å². The molecule has 0 radical (unpaired) electrons. The minimum absolute atomic E-state index is 0.0416. The first-order valence-corrected chi connectivity index (χ1v) is 17.6. The van der Waals surface area contributed by atoms with Gasteiger partial charge in [0.05, 0.1) is 0 Å². The molecular formula is C40H40ClN7O2. The van der Waals surface area contributed by atoms with Gasteiger partial charge in [0.2, 0.25) is 0 Å². The number of hydrogen-bond donors (Lipinski definition) is 2. The summed E-state index contributed by atoms with van der Waals surface area (Å²) in [7, 11) is 0. The molecule has 2 aliphatic rings. The Morgan fingerprint density at radius 3 is 1.96 bits per heavy atom. The lowest BCUT2D eigenvalue weighted by atomic mass is 10.0. The van der Waals surface area contributed by atoms with Crippen LogP contribution < -0.4 is 15.5 Å². The van der Waals surface area contributed by atoms with E-state index in [1.54, 1.807) is 30.7 Å². The van der Waals surface area contributed by atoms with E-state index in [9.17, 15) is 9.59 Å². The van der Waals surface area contributed by atoms with E-state index in [-0.39, 0.29) is 23.9 Å². The Kier molecular flexibility index (Phi) is 10.4. The van der Waals surface area contributed by atoms with Gasteiger partial charge in [0.1, 0.15) is 5.82 Å². The summed E-state index contributed by atoms with van der Waals surface area (Å²) in [5, 5.41) is 7.05. The largest absolute Gasteiger partial charge is 0.356 e. The number of halogens is 1. The van der Waals surface area contributed by atoms with Gasteiger partial charge in [0.25, 0.3) is 11.8 Å². The molecule has 2 aliphatic heterocycles. The van der Waals surface area contributed by atoms with Crippen molar-refractivity contribution in [2.24, 2.45) is 0 Å². The maximum atomic E-state index is 13.1. The monoisotopic (exact) mass is 685 g/mol. The van der Waals surface area contributed by atoms with E-state index >= 15 is 0 Å². The quantitative estimate of drug-likeness (QED) is 0.179. The summed E-state index contributed by atoms with van der Waals surface area (Å²) in [4.78, 5) is 44.0. The van der Waals surface area contributed by atoms with Crippen LogP contribution in [0.5, 0.6) is 0 Å². The fraction of sp³-hybridized carbons (Fsp3) is 0.275. The van der Waals surface area contributed by atoms with Crippen LogP contribution >= 0.6 is 11.6 Å². The molecule has 2 N–H and O–H groups in total. The van der Waals surface area contributed by atoms with Crippen molar-refractivity contribution in [1.82, 2.24) is 30.5 Å². The third-order valence-electron chi connectivity index (χ3n) is 9.61.